The number of carboxylic acids is 1. The number of nitrogens with two attached hydrogens (primary N) is 1. The van der Waals surface area contributed by atoms with Crippen LogP contribution in [-0.2, 0) is 25.6 Å². The molecule has 1 fully saturated rings. The van der Waals surface area contributed by atoms with Crippen molar-refractivity contribution in [3.63, 3.8) is 0 Å². The zero-order valence-electron chi connectivity index (χ0n) is 18.8. The number of likely N-dealkylation sites (tertiary alicyclic amines) is 1. The largest absolute Gasteiger partial charge is 0.508 e. The summed E-state index contributed by atoms with van der Waals surface area (Å²) in [5, 5.41) is 23.9. The molecule has 1 saturated heterocycles. The summed E-state index contributed by atoms with van der Waals surface area (Å²) in [7, 11) is 0. The number of aromatic hydroxyl groups is 1. The summed E-state index contributed by atoms with van der Waals surface area (Å²) >= 11 is 1.51. The van der Waals surface area contributed by atoms with Crippen LogP contribution < -0.4 is 16.4 Å². The molecule has 1 aromatic rings. The van der Waals surface area contributed by atoms with Crippen molar-refractivity contribution < 1.29 is 29.4 Å². The maximum atomic E-state index is 13.0. The van der Waals surface area contributed by atoms with Gasteiger partial charge in [-0.2, -0.15) is 11.8 Å². The minimum absolute atomic E-state index is 0.108. The lowest BCUT2D eigenvalue weighted by molar-refractivity contribution is -0.149. The van der Waals surface area contributed by atoms with Crippen molar-refractivity contribution in [2.45, 2.75) is 56.8 Å². The second-order valence-corrected chi connectivity index (χ2v) is 9.06. The van der Waals surface area contributed by atoms with Crippen molar-refractivity contribution in [3.8, 4) is 5.75 Å². The molecule has 0 radical (unpaired) electrons. The number of benzene rings is 1. The van der Waals surface area contributed by atoms with Crippen molar-refractivity contribution in [2.24, 2.45) is 5.73 Å². The number of aliphatic carboxylic acids is 1. The molecule has 1 aromatic carbocycles. The van der Waals surface area contributed by atoms with Crippen molar-refractivity contribution >= 4 is 35.5 Å². The fraction of sp³-hybridized carbons (Fsp3) is 0.545. The quantitative estimate of drug-likeness (QED) is 0.297. The Morgan fingerprint density at radius 1 is 1.18 bits per heavy atom. The average Bonchev–Trinajstić information content (AvgIpc) is 3.27. The molecule has 1 aliphatic rings. The van der Waals surface area contributed by atoms with Gasteiger partial charge >= 0.3 is 5.97 Å². The van der Waals surface area contributed by atoms with Gasteiger partial charge in [0.25, 0.3) is 0 Å². The normalized spacial score (nSPS) is 18.3. The molecule has 10 nitrogen and oxygen atoms in total. The summed E-state index contributed by atoms with van der Waals surface area (Å²) in [5.74, 6) is -1.85. The molecule has 1 heterocycles. The summed E-state index contributed by atoms with van der Waals surface area (Å²) in [6.45, 7) is 1.83. The van der Waals surface area contributed by atoms with Gasteiger partial charge in [0, 0.05) is 6.54 Å². The van der Waals surface area contributed by atoms with Gasteiger partial charge in [0.1, 0.15) is 23.9 Å². The van der Waals surface area contributed by atoms with Crippen LogP contribution in [0.5, 0.6) is 5.75 Å². The van der Waals surface area contributed by atoms with E-state index in [0.717, 1.165) is 5.56 Å². The molecule has 0 saturated carbocycles. The van der Waals surface area contributed by atoms with Crippen LogP contribution in [0.3, 0.4) is 0 Å². The van der Waals surface area contributed by atoms with E-state index in [1.54, 1.807) is 12.1 Å². The highest BCUT2D eigenvalue weighted by Gasteiger charge is 2.37. The number of phenolic OH excluding ortho intramolecular Hbond substituents is 1. The second kappa shape index (κ2) is 12.4. The molecule has 0 aromatic heterocycles. The number of hydrogen-bond donors (Lipinski definition) is 5. The number of nitrogens with zero attached hydrogens (tertiary/aromatic N) is 1. The minimum Gasteiger partial charge on any atom is -0.508 e. The third kappa shape index (κ3) is 7.64. The number of rotatable bonds is 11. The molecule has 0 spiro atoms. The van der Waals surface area contributed by atoms with E-state index >= 15 is 0 Å². The molecule has 3 amide bonds. The molecule has 33 heavy (non-hydrogen) atoms. The van der Waals surface area contributed by atoms with Crippen LogP contribution >= 0.6 is 11.8 Å². The first kappa shape index (κ1) is 26.5. The summed E-state index contributed by atoms with van der Waals surface area (Å²) in [4.78, 5) is 50.9. The standard InChI is InChI=1S/C22H32N4O6S/c1-13(24-20(29)16(23)12-14-5-7-15(27)8-6-14)19(28)25-17(9-11-33-2)21(30)26-10-3-4-18(26)22(31)32/h5-8,13,16-18,27H,3-4,9-12,23H2,1-2H3,(H,24,29)(H,25,28)(H,31,32). The number of carbonyl (C=O) groups is 4. The lowest BCUT2D eigenvalue weighted by atomic mass is 10.1. The fourth-order valence-electron chi connectivity index (χ4n) is 3.64. The predicted molar refractivity (Wildman–Crippen MR) is 125 cm³/mol. The van der Waals surface area contributed by atoms with Crippen LogP contribution in [-0.4, -0.2) is 81.5 Å². The van der Waals surface area contributed by atoms with Crippen LogP contribution in [0.1, 0.15) is 31.7 Å². The molecule has 11 heteroatoms. The molecule has 0 aliphatic carbocycles. The Balaban J connectivity index is 1.96. The summed E-state index contributed by atoms with van der Waals surface area (Å²) < 4.78 is 0. The second-order valence-electron chi connectivity index (χ2n) is 8.08. The SMILES string of the molecule is CSCCC(NC(=O)C(C)NC(=O)C(N)Cc1ccc(O)cc1)C(=O)N1CCCC1C(=O)O. The zero-order chi connectivity index (χ0) is 24.5. The van der Waals surface area contributed by atoms with E-state index in [9.17, 15) is 29.4 Å². The molecule has 1 aliphatic heterocycles. The van der Waals surface area contributed by atoms with Crippen LogP contribution in [0, 0.1) is 0 Å². The monoisotopic (exact) mass is 480 g/mol. The maximum absolute atomic E-state index is 13.0. The van der Waals surface area contributed by atoms with E-state index in [1.165, 1.54) is 35.7 Å². The van der Waals surface area contributed by atoms with E-state index in [0.29, 0.717) is 31.6 Å². The Bertz CT molecular complexity index is 850. The van der Waals surface area contributed by atoms with Crippen molar-refractivity contribution in [1.82, 2.24) is 15.5 Å². The highest BCUT2D eigenvalue weighted by molar-refractivity contribution is 7.98. The molecular formula is C22H32N4O6S. The Labute approximate surface area is 197 Å². The average molecular weight is 481 g/mol. The van der Waals surface area contributed by atoms with Gasteiger partial charge < -0.3 is 31.5 Å². The highest BCUT2D eigenvalue weighted by atomic mass is 32.2. The van der Waals surface area contributed by atoms with E-state index in [1.807, 2.05) is 6.26 Å². The van der Waals surface area contributed by atoms with Crippen molar-refractivity contribution in [1.29, 1.82) is 0 Å². The van der Waals surface area contributed by atoms with Gasteiger partial charge in [-0.15, -0.1) is 0 Å². The summed E-state index contributed by atoms with van der Waals surface area (Å²) in [5.41, 5.74) is 6.71. The van der Waals surface area contributed by atoms with Crippen LogP contribution in [0.15, 0.2) is 24.3 Å². The van der Waals surface area contributed by atoms with Gasteiger partial charge in [-0.3, -0.25) is 14.4 Å². The lowest BCUT2D eigenvalue weighted by Gasteiger charge is -2.28. The van der Waals surface area contributed by atoms with Crippen LogP contribution in [0.2, 0.25) is 0 Å². The first-order valence-electron chi connectivity index (χ1n) is 10.8. The minimum atomic E-state index is -1.06. The third-order valence-electron chi connectivity index (χ3n) is 5.53. The molecule has 4 unspecified atom stereocenters. The Kier molecular flexibility index (Phi) is 9.98. The molecular weight excluding hydrogens is 448 g/mol. The molecule has 2 rings (SSSR count). The number of amides is 3. The number of carbonyl (C=O) groups excluding carboxylic acids is 3. The number of hydrogen-bond acceptors (Lipinski definition) is 7. The Hall–Kier alpha value is -2.79. The number of thioether (sulfide) groups is 1. The van der Waals surface area contributed by atoms with Gasteiger partial charge in [0.05, 0.1) is 6.04 Å². The summed E-state index contributed by atoms with van der Waals surface area (Å²) in [6.07, 6.45) is 3.42. The van der Waals surface area contributed by atoms with Crippen LogP contribution in [0.4, 0.5) is 0 Å². The van der Waals surface area contributed by atoms with Crippen molar-refractivity contribution in [3.05, 3.63) is 29.8 Å². The van der Waals surface area contributed by atoms with Crippen LogP contribution in [0.25, 0.3) is 0 Å². The summed E-state index contributed by atoms with van der Waals surface area (Å²) in [6, 6.07) is 2.69. The van der Waals surface area contributed by atoms with Crippen molar-refractivity contribution in [2.75, 3.05) is 18.6 Å². The van der Waals surface area contributed by atoms with E-state index < -0.39 is 47.9 Å². The first-order valence-corrected chi connectivity index (χ1v) is 12.2. The topological polar surface area (TPSA) is 162 Å². The van der Waals surface area contributed by atoms with Gasteiger partial charge in [0.2, 0.25) is 17.7 Å². The van der Waals surface area contributed by atoms with Gasteiger partial charge in [0.15, 0.2) is 0 Å². The predicted octanol–water partition coefficient (Wildman–Crippen LogP) is 0.0802. The zero-order valence-corrected chi connectivity index (χ0v) is 19.6. The fourth-order valence-corrected chi connectivity index (χ4v) is 4.11. The molecule has 4 atom stereocenters. The van der Waals surface area contributed by atoms with E-state index in [-0.39, 0.29) is 12.2 Å². The smallest absolute Gasteiger partial charge is 0.326 e. The van der Waals surface area contributed by atoms with E-state index in [2.05, 4.69) is 10.6 Å². The highest BCUT2D eigenvalue weighted by Crippen LogP contribution is 2.19. The first-order chi connectivity index (χ1) is 15.6. The lowest BCUT2D eigenvalue weighted by Crippen LogP contribution is -2.56. The number of nitrogens with one attached hydrogen (secondary N) is 2. The number of phenols is 1. The third-order valence-corrected chi connectivity index (χ3v) is 6.17. The Morgan fingerprint density at radius 2 is 1.85 bits per heavy atom. The number of carboxylic acid groups (broad SMARTS) is 1. The van der Waals surface area contributed by atoms with Gasteiger partial charge in [-0.25, -0.2) is 4.79 Å². The molecule has 0 bridgehead atoms. The molecule has 182 valence electrons. The van der Waals surface area contributed by atoms with E-state index in [4.69, 9.17) is 5.73 Å². The Morgan fingerprint density at radius 3 is 2.45 bits per heavy atom. The van der Waals surface area contributed by atoms with Gasteiger partial charge in [-0.1, -0.05) is 12.1 Å². The van der Waals surface area contributed by atoms with Gasteiger partial charge in [-0.05, 0) is 62.3 Å². The maximum Gasteiger partial charge on any atom is 0.326 e. The molecule has 6 N–H and O–H groups in total.